The third-order valence-corrected chi connectivity index (χ3v) is 2.62. The molecule has 0 amide bonds. The van der Waals surface area contributed by atoms with Crippen molar-refractivity contribution in [1.29, 1.82) is 0 Å². The van der Waals surface area contributed by atoms with Crippen molar-refractivity contribution in [2.24, 2.45) is 0 Å². The van der Waals surface area contributed by atoms with E-state index in [1.54, 1.807) is 0 Å². The van der Waals surface area contributed by atoms with Gasteiger partial charge in [-0.05, 0) is 25.2 Å². The predicted octanol–water partition coefficient (Wildman–Crippen LogP) is 1.79. The fourth-order valence-electron chi connectivity index (χ4n) is 1.68. The maximum atomic E-state index is 5.44. The Balaban J connectivity index is 2.24. The van der Waals surface area contributed by atoms with Crippen LogP contribution in [0.5, 0.6) is 0 Å². The standard InChI is InChI=1S/C12H17N3O/c1-9-14-11-8-10(4-5-12(11)16-9)15(3)7-6-13-2/h4-5,8,13H,6-7H2,1-3H3. The Kier molecular flexibility index (Phi) is 3.10. The lowest BCUT2D eigenvalue weighted by molar-refractivity contribution is 0.561. The van der Waals surface area contributed by atoms with E-state index >= 15 is 0 Å². The quantitative estimate of drug-likeness (QED) is 0.851. The Labute approximate surface area is 95.3 Å². The molecule has 0 atom stereocenters. The van der Waals surface area contributed by atoms with Crippen LogP contribution in [0, 0.1) is 6.92 Å². The molecule has 1 heterocycles. The van der Waals surface area contributed by atoms with Crippen molar-refractivity contribution in [2.75, 3.05) is 32.1 Å². The summed E-state index contributed by atoms with van der Waals surface area (Å²) in [5, 5.41) is 3.13. The fraction of sp³-hybridized carbons (Fsp3) is 0.417. The van der Waals surface area contributed by atoms with Crippen LogP contribution in [-0.2, 0) is 0 Å². The van der Waals surface area contributed by atoms with E-state index in [0.29, 0.717) is 5.89 Å². The molecule has 0 aliphatic rings. The van der Waals surface area contributed by atoms with Crippen LogP contribution >= 0.6 is 0 Å². The van der Waals surface area contributed by atoms with Crippen LogP contribution in [0.15, 0.2) is 22.6 Å². The number of aromatic nitrogens is 1. The summed E-state index contributed by atoms with van der Waals surface area (Å²) in [6, 6.07) is 6.09. The lowest BCUT2D eigenvalue weighted by atomic mass is 10.2. The first-order chi connectivity index (χ1) is 7.70. The van der Waals surface area contributed by atoms with E-state index in [1.165, 1.54) is 0 Å². The first kappa shape index (κ1) is 11.0. The summed E-state index contributed by atoms with van der Waals surface area (Å²) in [5.74, 6) is 0.713. The van der Waals surface area contributed by atoms with Gasteiger partial charge in [0.25, 0.3) is 0 Å². The van der Waals surface area contributed by atoms with Gasteiger partial charge in [-0.1, -0.05) is 0 Å². The minimum atomic E-state index is 0.713. The second-order valence-corrected chi connectivity index (χ2v) is 3.91. The van der Waals surface area contributed by atoms with Gasteiger partial charge in [0.2, 0.25) is 0 Å². The molecule has 0 bridgehead atoms. The molecular formula is C12H17N3O. The van der Waals surface area contributed by atoms with Gasteiger partial charge >= 0.3 is 0 Å². The number of anilines is 1. The number of fused-ring (bicyclic) bond motifs is 1. The molecule has 1 aromatic carbocycles. The second kappa shape index (κ2) is 4.53. The van der Waals surface area contributed by atoms with Crippen molar-refractivity contribution < 1.29 is 4.42 Å². The lowest BCUT2D eigenvalue weighted by Gasteiger charge is -2.18. The minimum Gasteiger partial charge on any atom is -0.441 e. The molecule has 86 valence electrons. The number of rotatable bonds is 4. The summed E-state index contributed by atoms with van der Waals surface area (Å²) in [5.41, 5.74) is 2.94. The topological polar surface area (TPSA) is 41.3 Å². The third-order valence-electron chi connectivity index (χ3n) is 2.62. The molecule has 0 unspecified atom stereocenters. The zero-order chi connectivity index (χ0) is 11.5. The maximum Gasteiger partial charge on any atom is 0.192 e. The molecule has 0 aliphatic heterocycles. The van der Waals surface area contributed by atoms with Crippen LogP contribution in [0.25, 0.3) is 11.1 Å². The molecule has 0 saturated carbocycles. The summed E-state index contributed by atoms with van der Waals surface area (Å²) in [6.45, 7) is 3.80. The molecule has 1 aromatic heterocycles. The summed E-state index contributed by atoms with van der Waals surface area (Å²) in [4.78, 5) is 6.52. The smallest absolute Gasteiger partial charge is 0.192 e. The Hall–Kier alpha value is -1.55. The Bertz CT molecular complexity index is 478. The highest BCUT2D eigenvalue weighted by Gasteiger charge is 2.05. The average molecular weight is 219 g/mol. The number of nitrogens with one attached hydrogen (secondary N) is 1. The van der Waals surface area contributed by atoms with E-state index in [4.69, 9.17) is 4.42 Å². The first-order valence-electron chi connectivity index (χ1n) is 5.43. The molecule has 0 radical (unpaired) electrons. The Morgan fingerprint density at radius 1 is 1.44 bits per heavy atom. The number of hydrogen-bond donors (Lipinski definition) is 1. The van der Waals surface area contributed by atoms with Gasteiger partial charge in [-0.3, -0.25) is 0 Å². The number of aryl methyl sites for hydroxylation is 1. The van der Waals surface area contributed by atoms with Crippen molar-refractivity contribution in [3.8, 4) is 0 Å². The molecule has 4 heteroatoms. The average Bonchev–Trinajstić information content (AvgIpc) is 2.64. The van der Waals surface area contributed by atoms with Crippen LogP contribution in [-0.4, -0.2) is 32.2 Å². The molecule has 0 aliphatic carbocycles. The normalized spacial score (nSPS) is 10.9. The maximum absolute atomic E-state index is 5.44. The summed E-state index contributed by atoms with van der Waals surface area (Å²) < 4.78 is 5.44. The van der Waals surface area contributed by atoms with Crippen molar-refractivity contribution in [3.05, 3.63) is 24.1 Å². The minimum absolute atomic E-state index is 0.713. The number of oxazole rings is 1. The predicted molar refractivity (Wildman–Crippen MR) is 65.9 cm³/mol. The van der Waals surface area contributed by atoms with Gasteiger partial charge in [-0.2, -0.15) is 0 Å². The Morgan fingerprint density at radius 2 is 2.25 bits per heavy atom. The van der Waals surface area contributed by atoms with Crippen LogP contribution < -0.4 is 10.2 Å². The van der Waals surface area contributed by atoms with Gasteiger partial charge < -0.3 is 14.6 Å². The number of nitrogens with zero attached hydrogens (tertiary/aromatic N) is 2. The molecular weight excluding hydrogens is 202 g/mol. The van der Waals surface area contributed by atoms with Gasteiger partial charge in [0.15, 0.2) is 11.5 Å². The zero-order valence-corrected chi connectivity index (χ0v) is 9.95. The Morgan fingerprint density at radius 3 is 3.00 bits per heavy atom. The summed E-state index contributed by atoms with van der Waals surface area (Å²) >= 11 is 0. The molecule has 0 saturated heterocycles. The number of benzene rings is 1. The number of likely N-dealkylation sites (N-methyl/N-ethyl adjacent to an activating group) is 2. The van der Waals surface area contributed by atoms with Crippen LogP contribution in [0.4, 0.5) is 5.69 Å². The molecule has 0 fully saturated rings. The van der Waals surface area contributed by atoms with Crippen molar-refractivity contribution in [1.82, 2.24) is 10.3 Å². The van der Waals surface area contributed by atoms with Crippen LogP contribution in [0.1, 0.15) is 5.89 Å². The first-order valence-corrected chi connectivity index (χ1v) is 5.43. The molecule has 1 N–H and O–H groups in total. The largest absolute Gasteiger partial charge is 0.441 e. The van der Waals surface area contributed by atoms with Crippen LogP contribution in [0.2, 0.25) is 0 Å². The number of hydrogen-bond acceptors (Lipinski definition) is 4. The van der Waals surface area contributed by atoms with E-state index in [1.807, 2.05) is 20.0 Å². The van der Waals surface area contributed by atoms with Gasteiger partial charge in [0.1, 0.15) is 5.52 Å². The highest BCUT2D eigenvalue weighted by atomic mass is 16.3. The molecule has 2 rings (SSSR count). The SMILES string of the molecule is CNCCN(C)c1ccc2oc(C)nc2c1. The molecule has 0 spiro atoms. The van der Waals surface area contributed by atoms with E-state index < -0.39 is 0 Å². The monoisotopic (exact) mass is 219 g/mol. The van der Waals surface area contributed by atoms with Crippen LogP contribution in [0.3, 0.4) is 0 Å². The van der Waals surface area contributed by atoms with Crippen molar-refractivity contribution in [3.63, 3.8) is 0 Å². The fourth-order valence-corrected chi connectivity index (χ4v) is 1.68. The zero-order valence-electron chi connectivity index (χ0n) is 9.95. The van der Waals surface area contributed by atoms with E-state index in [0.717, 1.165) is 29.9 Å². The van der Waals surface area contributed by atoms with E-state index in [9.17, 15) is 0 Å². The second-order valence-electron chi connectivity index (χ2n) is 3.91. The van der Waals surface area contributed by atoms with Crippen molar-refractivity contribution >= 4 is 16.8 Å². The summed E-state index contributed by atoms with van der Waals surface area (Å²) in [7, 11) is 4.03. The van der Waals surface area contributed by atoms with Gasteiger partial charge in [-0.15, -0.1) is 0 Å². The van der Waals surface area contributed by atoms with Gasteiger partial charge in [0, 0.05) is 32.7 Å². The van der Waals surface area contributed by atoms with Gasteiger partial charge in [0.05, 0.1) is 0 Å². The highest BCUT2D eigenvalue weighted by molar-refractivity contribution is 5.77. The van der Waals surface area contributed by atoms with E-state index in [-0.39, 0.29) is 0 Å². The lowest BCUT2D eigenvalue weighted by Crippen LogP contribution is -2.26. The molecule has 16 heavy (non-hydrogen) atoms. The summed E-state index contributed by atoms with van der Waals surface area (Å²) in [6.07, 6.45) is 0. The van der Waals surface area contributed by atoms with Gasteiger partial charge in [-0.25, -0.2) is 4.98 Å². The molecule has 4 nitrogen and oxygen atoms in total. The van der Waals surface area contributed by atoms with E-state index in [2.05, 4.69) is 34.4 Å². The molecule has 2 aromatic rings. The third kappa shape index (κ3) is 2.17. The van der Waals surface area contributed by atoms with Crippen molar-refractivity contribution in [2.45, 2.75) is 6.92 Å². The highest BCUT2D eigenvalue weighted by Crippen LogP contribution is 2.21.